The molecule has 0 aliphatic carbocycles. The third-order valence-corrected chi connectivity index (χ3v) is 1.79. The number of rotatable bonds is 2. The summed E-state index contributed by atoms with van der Waals surface area (Å²) in [5.41, 5.74) is 6.55. The third kappa shape index (κ3) is 1.35. The first-order chi connectivity index (χ1) is 6.79. The lowest BCUT2D eigenvalue weighted by Crippen LogP contribution is -2.16. The van der Waals surface area contributed by atoms with Gasteiger partial charge in [0.05, 0.1) is 5.69 Å². The Hall–Kier alpha value is -2.17. The zero-order valence-electron chi connectivity index (χ0n) is 7.38. The van der Waals surface area contributed by atoms with Crippen LogP contribution in [0, 0.1) is 5.41 Å². The fourth-order valence-electron chi connectivity index (χ4n) is 1.20. The van der Waals surface area contributed by atoms with Crippen molar-refractivity contribution in [3.63, 3.8) is 0 Å². The molecule has 0 fully saturated rings. The van der Waals surface area contributed by atoms with Crippen LogP contribution in [0.5, 0.6) is 0 Å². The van der Waals surface area contributed by atoms with E-state index in [1.807, 2.05) is 6.07 Å². The van der Waals surface area contributed by atoms with Crippen molar-refractivity contribution in [2.75, 3.05) is 0 Å². The van der Waals surface area contributed by atoms with Crippen molar-refractivity contribution in [3.8, 4) is 5.69 Å². The minimum Gasteiger partial charge on any atom is -0.382 e. The minimum atomic E-state index is -0.0592. The van der Waals surface area contributed by atoms with E-state index >= 15 is 0 Å². The molecule has 14 heavy (non-hydrogen) atoms. The van der Waals surface area contributed by atoms with Crippen molar-refractivity contribution in [3.05, 3.63) is 42.5 Å². The van der Waals surface area contributed by atoms with Crippen molar-refractivity contribution in [2.45, 2.75) is 0 Å². The molecule has 0 radical (unpaired) electrons. The molecule has 0 atom stereocenters. The average Bonchev–Trinajstić information content (AvgIpc) is 2.70. The average molecular weight is 187 g/mol. The van der Waals surface area contributed by atoms with Crippen molar-refractivity contribution in [2.24, 2.45) is 5.73 Å². The van der Waals surface area contributed by atoms with Gasteiger partial charge in [-0.1, -0.05) is 0 Å². The molecule has 3 N–H and O–H groups in total. The molecule has 0 amide bonds. The molecule has 0 saturated carbocycles. The number of nitrogen functional groups attached to an aromatic ring is 1. The quantitative estimate of drug-likeness (QED) is 0.532. The highest BCUT2D eigenvalue weighted by Crippen LogP contribution is 2.09. The van der Waals surface area contributed by atoms with E-state index in [1.165, 1.54) is 0 Å². The van der Waals surface area contributed by atoms with E-state index in [0.717, 1.165) is 0 Å². The second-order valence-corrected chi connectivity index (χ2v) is 2.74. The second-order valence-electron chi connectivity index (χ2n) is 2.74. The molecule has 0 aliphatic rings. The number of pyridine rings is 1. The highest BCUT2D eigenvalue weighted by Gasteiger charge is 2.07. The third-order valence-electron chi connectivity index (χ3n) is 1.79. The van der Waals surface area contributed by atoms with Gasteiger partial charge in [0.2, 0.25) is 0 Å². The van der Waals surface area contributed by atoms with Crippen molar-refractivity contribution in [1.29, 1.82) is 5.41 Å². The highest BCUT2D eigenvalue weighted by molar-refractivity contribution is 5.96. The van der Waals surface area contributed by atoms with Crippen LogP contribution < -0.4 is 5.73 Å². The van der Waals surface area contributed by atoms with E-state index in [-0.39, 0.29) is 5.84 Å². The summed E-state index contributed by atoms with van der Waals surface area (Å²) in [4.78, 5) is 4.02. The molecular formula is C9H9N5. The number of hydrogen-bond donors (Lipinski definition) is 2. The lowest BCUT2D eigenvalue weighted by molar-refractivity contribution is 0.870. The maximum Gasteiger partial charge on any atom is 0.144 e. The SMILES string of the molecule is N=C(N)c1ncccc1-n1cccn1. The Morgan fingerprint density at radius 2 is 2.21 bits per heavy atom. The van der Waals surface area contributed by atoms with Crippen molar-refractivity contribution >= 4 is 5.84 Å². The first-order valence-electron chi connectivity index (χ1n) is 4.08. The number of aromatic nitrogens is 3. The molecule has 5 heteroatoms. The maximum atomic E-state index is 7.35. The Kier molecular flexibility index (Phi) is 1.98. The van der Waals surface area contributed by atoms with Gasteiger partial charge >= 0.3 is 0 Å². The zero-order chi connectivity index (χ0) is 9.97. The van der Waals surface area contributed by atoms with Gasteiger partial charge in [-0.15, -0.1) is 0 Å². The first-order valence-corrected chi connectivity index (χ1v) is 4.08. The maximum absolute atomic E-state index is 7.35. The summed E-state index contributed by atoms with van der Waals surface area (Å²) in [7, 11) is 0. The van der Waals surface area contributed by atoms with Crippen molar-refractivity contribution < 1.29 is 0 Å². The summed E-state index contributed by atoms with van der Waals surface area (Å²) < 4.78 is 1.63. The van der Waals surface area contributed by atoms with E-state index in [1.54, 1.807) is 35.4 Å². The van der Waals surface area contributed by atoms with Crippen LogP contribution in [0.2, 0.25) is 0 Å². The van der Waals surface area contributed by atoms with Crippen LogP contribution >= 0.6 is 0 Å². The Morgan fingerprint density at radius 1 is 1.36 bits per heavy atom. The first kappa shape index (κ1) is 8.43. The second kappa shape index (κ2) is 3.29. The summed E-state index contributed by atoms with van der Waals surface area (Å²) in [6, 6.07) is 5.40. The van der Waals surface area contributed by atoms with Gasteiger partial charge in [-0.25, -0.2) is 4.68 Å². The van der Waals surface area contributed by atoms with Crippen LogP contribution in [-0.2, 0) is 0 Å². The minimum absolute atomic E-state index is 0.0592. The topological polar surface area (TPSA) is 80.6 Å². The Bertz CT molecular complexity index is 446. The number of nitrogens with zero attached hydrogens (tertiary/aromatic N) is 3. The van der Waals surface area contributed by atoms with Crippen LogP contribution in [0.15, 0.2) is 36.8 Å². The van der Waals surface area contributed by atoms with Crippen LogP contribution in [0.1, 0.15) is 5.69 Å². The molecular weight excluding hydrogens is 178 g/mol. The fourth-order valence-corrected chi connectivity index (χ4v) is 1.20. The standard InChI is InChI=1S/C9H9N5/c10-9(11)8-7(3-1-4-12-8)14-6-2-5-13-14/h1-6H,(H3,10,11). The van der Waals surface area contributed by atoms with Crippen LogP contribution in [0.4, 0.5) is 0 Å². The summed E-state index contributed by atoms with van der Waals surface area (Å²) in [6.07, 6.45) is 5.05. The van der Waals surface area contributed by atoms with Gasteiger partial charge in [0.15, 0.2) is 0 Å². The molecule has 0 aromatic carbocycles. The molecule has 0 saturated heterocycles. The van der Waals surface area contributed by atoms with Gasteiger partial charge in [-0.2, -0.15) is 5.10 Å². The van der Waals surface area contributed by atoms with E-state index in [4.69, 9.17) is 11.1 Å². The van der Waals surface area contributed by atoms with Gasteiger partial charge in [0.25, 0.3) is 0 Å². The molecule has 0 bridgehead atoms. The monoisotopic (exact) mass is 187 g/mol. The number of hydrogen-bond acceptors (Lipinski definition) is 3. The van der Waals surface area contributed by atoms with Gasteiger partial charge in [0, 0.05) is 18.6 Å². The number of nitrogens with one attached hydrogen (secondary N) is 1. The molecule has 2 aromatic rings. The van der Waals surface area contributed by atoms with Gasteiger partial charge in [-0.05, 0) is 18.2 Å². The fraction of sp³-hybridized carbons (Fsp3) is 0. The predicted molar refractivity (Wildman–Crippen MR) is 52.4 cm³/mol. The molecule has 5 nitrogen and oxygen atoms in total. The molecule has 2 rings (SSSR count). The summed E-state index contributed by atoms with van der Waals surface area (Å²) >= 11 is 0. The molecule has 70 valence electrons. The number of amidine groups is 1. The van der Waals surface area contributed by atoms with E-state index in [2.05, 4.69) is 10.1 Å². The number of nitrogens with two attached hydrogens (primary N) is 1. The molecule has 2 aromatic heterocycles. The predicted octanol–water partition coefficient (Wildman–Crippen LogP) is 0.551. The van der Waals surface area contributed by atoms with E-state index in [9.17, 15) is 0 Å². The lowest BCUT2D eigenvalue weighted by Gasteiger charge is -2.05. The highest BCUT2D eigenvalue weighted by atomic mass is 15.3. The molecule has 0 spiro atoms. The van der Waals surface area contributed by atoms with Gasteiger partial charge in [0.1, 0.15) is 11.5 Å². The van der Waals surface area contributed by atoms with Gasteiger partial charge < -0.3 is 5.73 Å². The molecule has 0 unspecified atom stereocenters. The van der Waals surface area contributed by atoms with Crippen LogP contribution in [0.25, 0.3) is 5.69 Å². The smallest absolute Gasteiger partial charge is 0.144 e. The van der Waals surface area contributed by atoms with E-state index < -0.39 is 0 Å². The molecule has 2 heterocycles. The zero-order valence-corrected chi connectivity index (χ0v) is 7.38. The van der Waals surface area contributed by atoms with E-state index in [0.29, 0.717) is 11.4 Å². The van der Waals surface area contributed by atoms with Crippen LogP contribution in [0.3, 0.4) is 0 Å². The largest absolute Gasteiger partial charge is 0.382 e. The Balaban J connectivity index is 2.58. The molecule has 0 aliphatic heterocycles. The summed E-state index contributed by atoms with van der Waals surface area (Å²) in [5.74, 6) is -0.0592. The Morgan fingerprint density at radius 3 is 2.86 bits per heavy atom. The summed E-state index contributed by atoms with van der Waals surface area (Å²) in [5, 5.41) is 11.4. The Labute approximate surface area is 80.7 Å². The van der Waals surface area contributed by atoms with Crippen LogP contribution in [-0.4, -0.2) is 20.6 Å². The summed E-state index contributed by atoms with van der Waals surface area (Å²) in [6.45, 7) is 0. The lowest BCUT2D eigenvalue weighted by atomic mass is 10.3. The van der Waals surface area contributed by atoms with Crippen molar-refractivity contribution in [1.82, 2.24) is 14.8 Å². The van der Waals surface area contributed by atoms with Gasteiger partial charge in [-0.3, -0.25) is 10.4 Å². The normalized spacial score (nSPS) is 10.0.